The monoisotopic (exact) mass is 339 g/mol. The fraction of sp³-hybridized carbons (Fsp3) is 0.688. The number of carbonyl (C=O) groups excluding carboxylic acids is 1. The van der Waals surface area contributed by atoms with Crippen LogP contribution in [0.25, 0.3) is 0 Å². The van der Waals surface area contributed by atoms with Gasteiger partial charge < -0.3 is 10.4 Å². The molecule has 6 nitrogen and oxygen atoms in total. The number of amides is 1. The van der Waals surface area contributed by atoms with Crippen LogP contribution in [0.5, 0.6) is 5.88 Å². The van der Waals surface area contributed by atoms with Crippen molar-refractivity contribution >= 4 is 17.7 Å². The molecule has 1 aliphatic carbocycles. The van der Waals surface area contributed by atoms with Crippen LogP contribution in [0.15, 0.2) is 16.0 Å². The molecule has 1 fully saturated rings. The minimum absolute atomic E-state index is 0.0776. The van der Waals surface area contributed by atoms with E-state index in [0.29, 0.717) is 17.6 Å². The first-order valence-electron chi connectivity index (χ1n) is 8.19. The van der Waals surface area contributed by atoms with E-state index in [0.717, 1.165) is 38.2 Å². The number of nitrogens with zero attached hydrogens (tertiary/aromatic N) is 2. The topological polar surface area (TPSA) is 84.2 Å². The van der Waals surface area contributed by atoms with E-state index in [1.807, 2.05) is 0 Å². The second-order valence-corrected chi connectivity index (χ2v) is 7.31. The maximum Gasteiger partial charge on any atom is 0.258 e. The van der Waals surface area contributed by atoms with E-state index in [9.17, 15) is 14.7 Å². The number of hydrogen-bond donors (Lipinski definition) is 2. The maximum atomic E-state index is 12.2. The second-order valence-electron chi connectivity index (χ2n) is 6.36. The van der Waals surface area contributed by atoms with Crippen LogP contribution in [0.3, 0.4) is 0 Å². The van der Waals surface area contributed by atoms with Gasteiger partial charge in [-0.1, -0.05) is 38.5 Å². The summed E-state index contributed by atoms with van der Waals surface area (Å²) < 4.78 is 1.64. The summed E-state index contributed by atoms with van der Waals surface area (Å²) in [5, 5.41) is 12.9. The van der Waals surface area contributed by atoms with Crippen molar-refractivity contribution in [2.24, 2.45) is 5.92 Å². The van der Waals surface area contributed by atoms with Crippen molar-refractivity contribution in [3.8, 4) is 5.88 Å². The third kappa shape index (κ3) is 5.27. The summed E-state index contributed by atoms with van der Waals surface area (Å²) in [7, 11) is 0. The SMILES string of the molecule is CC(C)CCNC(=O)CSc1nc(O)cc(=O)n1C1CCCC1. The van der Waals surface area contributed by atoms with E-state index in [1.165, 1.54) is 11.8 Å². The number of carbonyl (C=O) groups is 1. The molecule has 0 aliphatic heterocycles. The van der Waals surface area contributed by atoms with Gasteiger partial charge in [-0.25, -0.2) is 0 Å². The average Bonchev–Trinajstić information content (AvgIpc) is 2.97. The molecule has 23 heavy (non-hydrogen) atoms. The lowest BCUT2D eigenvalue weighted by Gasteiger charge is -2.17. The molecule has 7 heteroatoms. The molecule has 2 N–H and O–H groups in total. The predicted molar refractivity (Wildman–Crippen MR) is 90.9 cm³/mol. The smallest absolute Gasteiger partial charge is 0.258 e. The minimum atomic E-state index is -0.285. The van der Waals surface area contributed by atoms with Crippen molar-refractivity contribution in [2.45, 2.75) is 57.1 Å². The van der Waals surface area contributed by atoms with Crippen molar-refractivity contribution in [1.82, 2.24) is 14.9 Å². The molecule has 2 rings (SSSR count). The van der Waals surface area contributed by atoms with Crippen LogP contribution in [0, 0.1) is 5.92 Å². The van der Waals surface area contributed by atoms with E-state index in [-0.39, 0.29) is 29.1 Å². The molecule has 1 aromatic heterocycles. The van der Waals surface area contributed by atoms with Crippen LogP contribution in [0.2, 0.25) is 0 Å². The van der Waals surface area contributed by atoms with Gasteiger partial charge in [0.2, 0.25) is 11.8 Å². The average molecular weight is 339 g/mol. The molecule has 1 aliphatic rings. The van der Waals surface area contributed by atoms with Crippen LogP contribution < -0.4 is 10.9 Å². The van der Waals surface area contributed by atoms with Gasteiger partial charge in [0.15, 0.2) is 5.16 Å². The molecule has 0 atom stereocenters. The normalized spacial score (nSPS) is 15.3. The fourth-order valence-corrected chi connectivity index (χ4v) is 3.64. The molecule has 1 amide bonds. The van der Waals surface area contributed by atoms with Crippen molar-refractivity contribution < 1.29 is 9.90 Å². The molecule has 1 aromatic rings. The third-order valence-electron chi connectivity index (χ3n) is 3.97. The summed E-state index contributed by atoms with van der Waals surface area (Å²) in [6.07, 6.45) is 5.02. The van der Waals surface area contributed by atoms with Gasteiger partial charge in [0.25, 0.3) is 5.56 Å². The highest BCUT2D eigenvalue weighted by Crippen LogP contribution is 2.31. The van der Waals surface area contributed by atoms with Crippen LogP contribution in [0.4, 0.5) is 0 Å². The Kier molecular flexibility index (Phi) is 6.50. The first kappa shape index (κ1) is 17.8. The van der Waals surface area contributed by atoms with Crippen LogP contribution >= 0.6 is 11.8 Å². The number of thioether (sulfide) groups is 1. The zero-order chi connectivity index (χ0) is 16.8. The largest absolute Gasteiger partial charge is 0.493 e. The molecule has 1 saturated carbocycles. The Labute approximate surface area is 140 Å². The number of aromatic hydroxyl groups is 1. The van der Waals surface area contributed by atoms with E-state index < -0.39 is 0 Å². The first-order chi connectivity index (χ1) is 11.0. The highest BCUT2D eigenvalue weighted by Gasteiger charge is 2.22. The molecule has 0 spiro atoms. The lowest BCUT2D eigenvalue weighted by molar-refractivity contribution is -0.118. The zero-order valence-corrected chi connectivity index (χ0v) is 14.6. The number of nitrogens with one attached hydrogen (secondary N) is 1. The van der Waals surface area contributed by atoms with Gasteiger partial charge in [0, 0.05) is 12.6 Å². The van der Waals surface area contributed by atoms with Crippen molar-refractivity contribution in [2.75, 3.05) is 12.3 Å². The summed E-state index contributed by atoms with van der Waals surface area (Å²) in [6.45, 7) is 4.87. The predicted octanol–water partition coefficient (Wildman–Crippen LogP) is 2.32. The second kappa shape index (κ2) is 8.38. The number of rotatable bonds is 7. The van der Waals surface area contributed by atoms with Gasteiger partial charge in [-0.15, -0.1) is 0 Å². The molecule has 0 aromatic carbocycles. The molecular formula is C16H25N3O3S. The highest BCUT2D eigenvalue weighted by atomic mass is 32.2. The van der Waals surface area contributed by atoms with Gasteiger partial charge in [-0.3, -0.25) is 14.2 Å². The Morgan fingerprint density at radius 2 is 2.17 bits per heavy atom. The molecular weight excluding hydrogens is 314 g/mol. The molecule has 0 radical (unpaired) electrons. The van der Waals surface area contributed by atoms with Gasteiger partial charge in [-0.05, 0) is 25.2 Å². The molecule has 0 saturated heterocycles. The van der Waals surface area contributed by atoms with Gasteiger partial charge >= 0.3 is 0 Å². The summed E-state index contributed by atoms with van der Waals surface area (Å²) in [5.74, 6) is 0.377. The van der Waals surface area contributed by atoms with Crippen molar-refractivity contribution in [3.63, 3.8) is 0 Å². The molecule has 128 valence electrons. The summed E-state index contributed by atoms with van der Waals surface area (Å²) in [5.41, 5.74) is -0.243. The molecule has 0 bridgehead atoms. The maximum absolute atomic E-state index is 12.2. The quantitative estimate of drug-likeness (QED) is 0.588. The lowest BCUT2D eigenvalue weighted by atomic mass is 10.1. The lowest BCUT2D eigenvalue weighted by Crippen LogP contribution is -2.28. The van der Waals surface area contributed by atoms with Crippen molar-refractivity contribution in [3.05, 3.63) is 16.4 Å². The first-order valence-corrected chi connectivity index (χ1v) is 9.18. The van der Waals surface area contributed by atoms with E-state index in [1.54, 1.807) is 4.57 Å². The van der Waals surface area contributed by atoms with Crippen LogP contribution in [0.1, 0.15) is 52.0 Å². The Balaban J connectivity index is 2.01. The summed E-state index contributed by atoms with van der Waals surface area (Å²) in [4.78, 5) is 28.1. The van der Waals surface area contributed by atoms with Gasteiger partial charge in [0.1, 0.15) is 0 Å². The van der Waals surface area contributed by atoms with E-state index >= 15 is 0 Å². The fourth-order valence-electron chi connectivity index (χ4n) is 2.74. The molecule has 0 unspecified atom stereocenters. The minimum Gasteiger partial charge on any atom is -0.493 e. The Morgan fingerprint density at radius 3 is 2.83 bits per heavy atom. The van der Waals surface area contributed by atoms with E-state index in [4.69, 9.17) is 0 Å². The number of hydrogen-bond acceptors (Lipinski definition) is 5. The van der Waals surface area contributed by atoms with Gasteiger partial charge in [-0.2, -0.15) is 4.98 Å². The Bertz CT molecular complexity index is 595. The van der Waals surface area contributed by atoms with Crippen LogP contribution in [-0.4, -0.2) is 32.9 Å². The summed E-state index contributed by atoms with van der Waals surface area (Å²) in [6, 6.07) is 1.27. The third-order valence-corrected chi connectivity index (χ3v) is 4.93. The zero-order valence-electron chi connectivity index (χ0n) is 13.7. The number of aromatic nitrogens is 2. The van der Waals surface area contributed by atoms with Crippen molar-refractivity contribution in [1.29, 1.82) is 0 Å². The van der Waals surface area contributed by atoms with Crippen LogP contribution in [-0.2, 0) is 4.79 Å². The highest BCUT2D eigenvalue weighted by molar-refractivity contribution is 7.99. The summed E-state index contributed by atoms with van der Waals surface area (Å²) >= 11 is 1.21. The van der Waals surface area contributed by atoms with E-state index in [2.05, 4.69) is 24.1 Å². The Hall–Kier alpha value is -1.50. The molecule has 1 heterocycles. The Morgan fingerprint density at radius 1 is 1.48 bits per heavy atom. The van der Waals surface area contributed by atoms with Gasteiger partial charge in [0.05, 0.1) is 11.8 Å². The standard InChI is InChI=1S/C16H25N3O3S/c1-11(2)7-8-17-14(21)10-23-16-18-13(20)9-15(22)19(16)12-5-3-4-6-12/h9,11-12,20H,3-8,10H2,1-2H3,(H,17,21).